The van der Waals surface area contributed by atoms with E-state index in [1.165, 1.54) is 6.07 Å². The van der Waals surface area contributed by atoms with Gasteiger partial charge in [-0.3, -0.25) is 9.59 Å². The van der Waals surface area contributed by atoms with Gasteiger partial charge in [0.1, 0.15) is 5.82 Å². The van der Waals surface area contributed by atoms with Crippen molar-refractivity contribution in [2.24, 2.45) is 0 Å². The van der Waals surface area contributed by atoms with Crippen LogP contribution in [0.3, 0.4) is 0 Å². The number of hydrogen-bond donors (Lipinski definition) is 1. The average molecular weight is 444 g/mol. The minimum Gasteiger partial charge on any atom is -0.331 e. The summed E-state index contributed by atoms with van der Waals surface area (Å²) < 4.78 is 16.6. The Morgan fingerprint density at radius 3 is 2.76 bits per heavy atom. The van der Waals surface area contributed by atoms with Crippen LogP contribution in [-0.4, -0.2) is 42.5 Å². The van der Waals surface area contributed by atoms with Gasteiger partial charge in [0.25, 0.3) is 11.5 Å². The van der Waals surface area contributed by atoms with Crippen molar-refractivity contribution >= 4 is 16.7 Å². The molecule has 0 atom stereocenters. The molecule has 4 aromatic rings. The van der Waals surface area contributed by atoms with Crippen molar-refractivity contribution in [1.29, 1.82) is 0 Å². The molecule has 3 heterocycles. The molecule has 1 aliphatic heterocycles. The second kappa shape index (κ2) is 7.61. The van der Waals surface area contributed by atoms with Gasteiger partial charge in [-0.2, -0.15) is 5.10 Å². The highest BCUT2D eigenvalue weighted by molar-refractivity contribution is 5.94. The Morgan fingerprint density at radius 2 is 1.94 bits per heavy atom. The first-order valence-electron chi connectivity index (χ1n) is 11.0. The summed E-state index contributed by atoms with van der Waals surface area (Å²) in [6.07, 6.45) is 2.56. The molecule has 8 nitrogen and oxygen atoms in total. The van der Waals surface area contributed by atoms with Crippen molar-refractivity contribution in [3.63, 3.8) is 0 Å². The maximum atomic E-state index is 14.7. The molecule has 1 fully saturated rings. The van der Waals surface area contributed by atoms with Gasteiger partial charge in [-0.25, -0.2) is 14.2 Å². The average Bonchev–Trinajstić information content (AvgIpc) is 3.60. The highest BCUT2D eigenvalue weighted by atomic mass is 19.1. The lowest BCUT2D eigenvalue weighted by Gasteiger charge is -2.28. The summed E-state index contributed by atoms with van der Waals surface area (Å²) in [5, 5.41) is 16.5. The van der Waals surface area contributed by atoms with Crippen molar-refractivity contribution in [2.75, 3.05) is 6.54 Å². The second-order valence-electron chi connectivity index (χ2n) is 8.68. The third kappa shape index (κ3) is 3.49. The smallest absolute Gasteiger partial charge is 0.272 e. The standard InChI is InChI=1S/C24H21FN6O2/c25-19-8-5-14(12-20-16-3-1-2-4-17(16)23(32)28-26-20)11-18(19)24(33)30-9-10-31-21(13-30)22(27-29-31)15-6-7-15/h1-5,8,11,15H,6-7,9-10,12-13H2,(H,28,32). The Morgan fingerprint density at radius 1 is 1.12 bits per heavy atom. The van der Waals surface area contributed by atoms with Gasteiger partial charge in [-0.1, -0.05) is 29.5 Å². The van der Waals surface area contributed by atoms with Crippen molar-refractivity contribution in [2.45, 2.75) is 38.3 Å². The van der Waals surface area contributed by atoms with Crippen LogP contribution in [0.4, 0.5) is 4.39 Å². The largest absolute Gasteiger partial charge is 0.331 e. The predicted molar refractivity (Wildman–Crippen MR) is 118 cm³/mol. The van der Waals surface area contributed by atoms with E-state index in [1.54, 1.807) is 29.2 Å². The van der Waals surface area contributed by atoms with Crippen LogP contribution in [0.2, 0.25) is 0 Å². The van der Waals surface area contributed by atoms with Crippen molar-refractivity contribution < 1.29 is 9.18 Å². The monoisotopic (exact) mass is 444 g/mol. The van der Waals surface area contributed by atoms with Gasteiger partial charge >= 0.3 is 0 Å². The van der Waals surface area contributed by atoms with Crippen LogP contribution in [0.5, 0.6) is 0 Å². The van der Waals surface area contributed by atoms with Crippen molar-refractivity contribution in [1.82, 2.24) is 30.1 Å². The number of hydrogen-bond acceptors (Lipinski definition) is 5. The second-order valence-corrected chi connectivity index (χ2v) is 8.68. The van der Waals surface area contributed by atoms with Crippen LogP contribution < -0.4 is 5.56 Å². The first-order chi connectivity index (χ1) is 16.1. The Kier molecular flexibility index (Phi) is 4.56. The Balaban J connectivity index is 1.29. The molecule has 1 amide bonds. The summed E-state index contributed by atoms with van der Waals surface area (Å²) in [5.74, 6) is -0.464. The topological polar surface area (TPSA) is 96.8 Å². The Bertz CT molecular complexity index is 1460. The van der Waals surface area contributed by atoms with Crippen molar-refractivity contribution in [3.8, 4) is 0 Å². The molecule has 0 unspecified atom stereocenters. The highest BCUT2D eigenvalue weighted by Gasteiger charge is 2.34. The number of nitrogens with one attached hydrogen (secondary N) is 1. The number of H-pyrrole nitrogens is 1. The molecular formula is C24H21FN6O2. The summed E-state index contributed by atoms with van der Waals surface area (Å²) in [6, 6.07) is 11.8. The van der Waals surface area contributed by atoms with Crippen LogP contribution in [0.15, 0.2) is 47.3 Å². The number of aromatic amines is 1. The molecule has 1 N–H and O–H groups in total. The zero-order valence-corrected chi connectivity index (χ0v) is 17.8. The van der Waals surface area contributed by atoms with Gasteiger partial charge in [0, 0.05) is 24.3 Å². The molecular weight excluding hydrogens is 423 g/mol. The van der Waals surface area contributed by atoms with Gasteiger partial charge in [0.2, 0.25) is 0 Å². The van der Waals surface area contributed by atoms with E-state index in [1.807, 2.05) is 16.8 Å². The predicted octanol–water partition coefficient (Wildman–Crippen LogP) is 2.78. The third-order valence-electron chi connectivity index (χ3n) is 6.45. The third-order valence-corrected chi connectivity index (χ3v) is 6.45. The lowest BCUT2D eigenvalue weighted by atomic mass is 10.0. The molecule has 2 aromatic heterocycles. The summed E-state index contributed by atoms with van der Waals surface area (Å²) in [7, 11) is 0. The van der Waals surface area contributed by atoms with E-state index in [0.717, 1.165) is 35.2 Å². The number of amides is 1. The molecule has 6 rings (SSSR count). The van der Waals surface area contributed by atoms with E-state index in [2.05, 4.69) is 20.5 Å². The molecule has 2 aliphatic rings. The number of nitrogens with zero attached hydrogens (tertiary/aromatic N) is 5. The van der Waals surface area contributed by atoms with E-state index in [0.29, 0.717) is 43.1 Å². The van der Waals surface area contributed by atoms with Gasteiger partial charge in [-0.15, -0.1) is 5.10 Å². The number of rotatable bonds is 4. The van der Waals surface area contributed by atoms with Crippen LogP contribution in [0.25, 0.3) is 10.8 Å². The summed E-state index contributed by atoms with van der Waals surface area (Å²) in [4.78, 5) is 27.0. The lowest BCUT2D eigenvalue weighted by Crippen LogP contribution is -2.39. The summed E-state index contributed by atoms with van der Waals surface area (Å²) >= 11 is 0. The maximum absolute atomic E-state index is 14.7. The van der Waals surface area contributed by atoms with E-state index in [4.69, 9.17) is 0 Å². The van der Waals surface area contributed by atoms with Gasteiger partial charge in [0.05, 0.1) is 41.1 Å². The van der Waals surface area contributed by atoms with Crippen LogP contribution >= 0.6 is 0 Å². The number of halogens is 1. The lowest BCUT2D eigenvalue weighted by molar-refractivity contribution is 0.0700. The molecule has 1 saturated carbocycles. The fraction of sp³-hybridized carbons (Fsp3) is 0.292. The number of fused-ring (bicyclic) bond motifs is 2. The van der Waals surface area contributed by atoms with Crippen molar-refractivity contribution in [3.05, 3.63) is 86.8 Å². The van der Waals surface area contributed by atoms with Gasteiger partial charge in [-0.05, 0) is 36.6 Å². The molecule has 0 saturated heterocycles. The molecule has 0 radical (unpaired) electrons. The van der Waals surface area contributed by atoms with E-state index in [9.17, 15) is 14.0 Å². The highest BCUT2D eigenvalue weighted by Crippen LogP contribution is 2.41. The van der Waals surface area contributed by atoms with E-state index in [-0.39, 0.29) is 17.0 Å². The molecule has 2 aromatic carbocycles. The number of carbonyl (C=O) groups excluding carboxylic acids is 1. The Hall–Kier alpha value is -3.88. The molecule has 0 bridgehead atoms. The first kappa shape index (κ1) is 19.8. The molecule has 166 valence electrons. The van der Waals surface area contributed by atoms with Crippen LogP contribution in [0.1, 0.15) is 51.8 Å². The molecule has 33 heavy (non-hydrogen) atoms. The van der Waals surface area contributed by atoms with Gasteiger partial charge < -0.3 is 4.90 Å². The minimum atomic E-state index is -0.553. The zero-order valence-electron chi connectivity index (χ0n) is 17.8. The Labute approximate surface area is 188 Å². The fourth-order valence-corrected chi connectivity index (χ4v) is 4.53. The number of benzene rings is 2. The van der Waals surface area contributed by atoms with E-state index >= 15 is 0 Å². The van der Waals surface area contributed by atoms with Crippen LogP contribution in [-0.2, 0) is 19.5 Å². The quantitative estimate of drug-likeness (QED) is 0.522. The molecule has 0 spiro atoms. The summed E-state index contributed by atoms with van der Waals surface area (Å²) in [6.45, 7) is 1.39. The fourth-order valence-electron chi connectivity index (χ4n) is 4.53. The SMILES string of the molecule is O=C(c1cc(Cc2n[nH]c(=O)c3ccccc23)ccc1F)N1CCn2nnc(C3CC3)c2C1. The number of carbonyl (C=O) groups is 1. The number of aromatic nitrogens is 5. The normalized spacial score (nSPS) is 15.6. The minimum absolute atomic E-state index is 0.0372. The first-order valence-corrected chi connectivity index (χ1v) is 11.0. The molecule has 1 aliphatic carbocycles. The summed E-state index contributed by atoms with van der Waals surface area (Å²) in [5.41, 5.74) is 3.11. The zero-order chi connectivity index (χ0) is 22.5. The maximum Gasteiger partial charge on any atom is 0.272 e. The van der Waals surface area contributed by atoms with Gasteiger partial charge in [0.15, 0.2) is 0 Å². The van der Waals surface area contributed by atoms with E-state index < -0.39 is 5.82 Å². The molecule has 9 heteroatoms. The van der Waals surface area contributed by atoms with Crippen LogP contribution in [0, 0.1) is 5.82 Å².